The molecular formula is C14H14N4O2S. The fourth-order valence-electron chi connectivity index (χ4n) is 2.23. The molecule has 3 rings (SSSR count). The van der Waals surface area contributed by atoms with Crippen LogP contribution in [0.15, 0.2) is 35.8 Å². The molecule has 0 unspecified atom stereocenters. The van der Waals surface area contributed by atoms with Gasteiger partial charge < -0.3 is 15.0 Å². The van der Waals surface area contributed by atoms with Gasteiger partial charge in [-0.2, -0.15) is 9.38 Å². The predicted molar refractivity (Wildman–Crippen MR) is 83.0 cm³/mol. The monoisotopic (exact) mass is 302 g/mol. The smallest absolute Gasteiger partial charge is 0.358 e. The van der Waals surface area contributed by atoms with E-state index in [2.05, 4.69) is 4.98 Å². The van der Waals surface area contributed by atoms with E-state index in [9.17, 15) is 10.1 Å². The zero-order valence-corrected chi connectivity index (χ0v) is 12.5. The van der Waals surface area contributed by atoms with Crippen molar-refractivity contribution >= 4 is 27.9 Å². The van der Waals surface area contributed by atoms with Gasteiger partial charge in [-0.15, -0.1) is 0 Å². The second kappa shape index (κ2) is 5.17. The summed E-state index contributed by atoms with van der Waals surface area (Å²) >= 11 is 1.39. The number of aromatic nitrogens is 2. The Morgan fingerprint density at radius 3 is 2.76 bits per heavy atom. The summed E-state index contributed by atoms with van der Waals surface area (Å²) in [6, 6.07) is 8.11. The van der Waals surface area contributed by atoms with E-state index in [1.54, 1.807) is 11.6 Å². The summed E-state index contributed by atoms with van der Waals surface area (Å²) < 4.78 is 1.52. The van der Waals surface area contributed by atoms with Gasteiger partial charge in [0.05, 0.1) is 0 Å². The molecule has 0 fully saturated rings. The van der Waals surface area contributed by atoms with Gasteiger partial charge in [-0.1, -0.05) is 41.2 Å². The quantitative estimate of drug-likeness (QED) is 0.548. The number of fused-ring (bicyclic) bond motifs is 1. The SMILES string of the molecule is Cc1ccc(CN(C)c2nc3sccn3c2[N+](=O)[O-])cc1. The molecule has 7 heteroatoms. The third kappa shape index (κ3) is 2.47. The van der Waals surface area contributed by atoms with Crippen LogP contribution < -0.4 is 4.90 Å². The minimum atomic E-state index is -0.381. The van der Waals surface area contributed by atoms with Crippen LogP contribution in [0.25, 0.3) is 4.96 Å². The number of nitrogens with zero attached hydrogens (tertiary/aromatic N) is 4. The highest BCUT2D eigenvalue weighted by atomic mass is 32.1. The lowest BCUT2D eigenvalue weighted by molar-refractivity contribution is -0.389. The average molecular weight is 302 g/mol. The average Bonchev–Trinajstić information content (AvgIpc) is 3.00. The normalized spacial score (nSPS) is 11.0. The third-order valence-electron chi connectivity index (χ3n) is 3.29. The number of rotatable bonds is 4. The van der Waals surface area contributed by atoms with Crippen molar-refractivity contribution in [2.75, 3.05) is 11.9 Å². The first-order chi connectivity index (χ1) is 10.1. The van der Waals surface area contributed by atoms with E-state index in [0.29, 0.717) is 17.3 Å². The summed E-state index contributed by atoms with van der Waals surface area (Å²) in [6.07, 6.45) is 1.67. The number of imidazole rings is 1. The molecule has 0 N–H and O–H groups in total. The number of thiazole rings is 1. The van der Waals surface area contributed by atoms with Crippen LogP contribution in [0.1, 0.15) is 11.1 Å². The number of hydrogen-bond acceptors (Lipinski definition) is 5. The van der Waals surface area contributed by atoms with Gasteiger partial charge in [0, 0.05) is 19.0 Å². The van der Waals surface area contributed by atoms with Crippen molar-refractivity contribution in [2.45, 2.75) is 13.5 Å². The van der Waals surface area contributed by atoms with Crippen LogP contribution in [-0.2, 0) is 6.54 Å². The molecule has 0 aliphatic rings. The highest BCUT2D eigenvalue weighted by molar-refractivity contribution is 7.15. The Morgan fingerprint density at radius 2 is 2.10 bits per heavy atom. The number of benzene rings is 1. The van der Waals surface area contributed by atoms with Crippen molar-refractivity contribution in [2.24, 2.45) is 0 Å². The molecule has 2 aromatic heterocycles. The van der Waals surface area contributed by atoms with Crippen molar-refractivity contribution in [3.8, 4) is 0 Å². The molecule has 3 aromatic rings. The van der Waals surface area contributed by atoms with Crippen molar-refractivity contribution in [1.29, 1.82) is 0 Å². The molecule has 108 valence electrons. The van der Waals surface area contributed by atoms with Gasteiger partial charge in [0.1, 0.15) is 6.20 Å². The molecule has 0 aliphatic carbocycles. The van der Waals surface area contributed by atoms with Crippen LogP contribution in [0.2, 0.25) is 0 Å². The Bertz CT molecular complexity index is 791. The second-order valence-electron chi connectivity index (χ2n) is 4.91. The number of aryl methyl sites for hydroxylation is 1. The molecule has 0 radical (unpaired) electrons. The van der Waals surface area contributed by atoms with E-state index in [4.69, 9.17) is 0 Å². The van der Waals surface area contributed by atoms with Crippen LogP contribution in [0.3, 0.4) is 0 Å². The Hall–Kier alpha value is -2.41. The van der Waals surface area contributed by atoms with E-state index in [1.165, 1.54) is 21.3 Å². The number of nitro groups is 1. The summed E-state index contributed by atoms with van der Waals surface area (Å²) in [6.45, 7) is 2.60. The Kier molecular flexibility index (Phi) is 3.34. The van der Waals surface area contributed by atoms with Crippen molar-refractivity contribution in [3.05, 3.63) is 57.1 Å². The fourth-order valence-corrected chi connectivity index (χ4v) is 2.93. The molecule has 0 amide bonds. The second-order valence-corrected chi connectivity index (χ2v) is 5.79. The summed E-state index contributed by atoms with van der Waals surface area (Å²) in [5.41, 5.74) is 2.28. The predicted octanol–water partition coefficient (Wildman–Crippen LogP) is 3.25. The van der Waals surface area contributed by atoms with Gasteiger partial charge in [0.15, 0.2) is 0 Å². The van der Waals surface area contributed by atoms with Crippen LogP contribution in [0.5, 0.6) is 0 Å². The lowest BCUT2D eigenvalue weighted by atomic mass is 10.1. The summed E-state index contributed by atoms with van der Waals surface area (Å²) in [5.74, 6) is 0.410. The molecule has 1 aromatic carbocycles. The van der Waals surface area contributed by atoms with Gasteiger partial charge in [-0.05, 0) is 17.4 Å². The summed E-state index contributed by atoms with van der Waals surface area (Å²) in [7, 11) is 1.82. The molecule has 0 atom stereocenters. The zero-order valence-electron chi connectivity index (χ0n) is 11.7. The third-order valence-corrected chi connectivity index (χ3v) is 4.05. The summed E-state index contributed by atoms with van der Waals surface area (Å²) in [4.78, 5) is 17.8. The van der Waals surface area contributed by atoms with Crippen LogP contribution >= 0.6 is 11.3 Å². The first-order valence-electron chi connectivity index (χ1n) is 6.43. The zero-order chi connectivity index (χ0) is 15.0. The maximum Gasteiger partial charge on any atom is 0.373 e. The molecular weight excluding hydrogens is 288 g/mol. The first-order valence-corrected chi connectivity index (χ1v) is 7.31. The lowest BCUT2D eigenvalue weighted by Crippen LogP contribution is -2.18. The Morgan fingerprint density at radius 1 is 1.38 bits per heavy atom. The summed E-state index contributed by atoms with van der Waals surface area (Å²) in [5, 5.41) is 13.1. The van der Waals surface area contributed by atoms with E-state index < -0.39 is 0 Å². The van der Waals surface area contributed by atoms with Gasteiger partial charge in [0.2, 0.25) is 5.82 Å². The van der Waals surface area contributed by atoms with E-state index in [-0.39, 0.29) is 10.7 Å². The lowest BCUT2D eigenvalue weighted by Gasteiger charge is -2.16. The molecule has 0 saturated heterocycles. The van der Waals surface area contributed by atoms with Gasteiger partial charge in [-0.3, -0.25) is 0 Å². The van der Waals surface area contributed by atoms with Gasteiger partial charge in [-0.25, -0.2) is 0 Å². The molecule has 0 saturated carbocycles. The van der Waals surface area contributed by atoms with Crippen LogP contribution in [-0.4, -0.2) is 21.4 Å². The minimum absolute atomic E-state index is 0.0147. The maximum absolute atomic E-state index is 11.3. The Balaban J connectivity index is 1.95. The largest absolute Gasteiger partial charge is 0.373 e. The molecule has 0 spiro atoms. The molecule has 21 heavy (non-hydrogen) atoms. The maximum atomic E-state index is 11.3. The number of anilines is 1. The highest BCUT2D eigenvalue weighted by Gasteiger charge is 2.26. The highest BCUT2D eigenvalue weighted by Crippen LogP contribution is 2.31. The van der Waals surface area contributed by atoms with Crippen molar-refractivity contribution in [3.63, 3.8) is 0 Å². The minimum Gasteiger partial charge on any atom is -0.358 e. The van der Waals surface area contributed by atoms with Gasteiger partial charge in [0.25, 0.3) is 4.96 Å². The molecule has 0 bridgehead atoms. The van der Waals surface area contributed by atoms with Crippen LogP contribution in [0, 0.1) is 17.0 Å². The topological polar surface area (TPSA) is 63.7 Å². The van der Waals surface area contributed by atoms with E-state index in [1.807, 2.05) is 43.1 Å². The molecule has 0 aliphatic heterocycles. The van der Waals surface area contributed by atoms with Crippen LogP contribution in [0.4, 0.5) is 11.6 Å². The van der Waals surface area contributed by atoms with Crippen molar-refractivity contribution < 1.29 is 4.92 Å². The first kappa shape index (κ1) is 13.6. The van der Waals surface area contributed by atoms with E-state index in [0.717, 1.165) is 5.56 Å². The standard InChI is InChI=1S/C14H14N4O2S/c1-10-3-5-11(6-4-10)9-16(2)12-13(18(19)20)17-7-8-21-14(17)15-12/h3-8H,9H2,1-2H3. The molecule has 2 heterocycles. The van der Waals surface area contributed by atoms with Gasteiger partial charge >= 0.3 is 5.82 Å². The Labute approximate surface area is 125 Å². The van der Waals surface area contributed by atoms with E-state index >= 15 is 0 Å². The molecule has 6 nitrogen and oxygen atoms in total. The number of hydrogen-bond donors (Lipinski definition) is 0. The fraction of sp³-hybridized carbons (Fsp3) is 0.214. The van der Waals surface area contributed by atoms with Crippen molar-refractivity contribution in [1.82, 2.24) is 9.38 Å².